The van der Waals surface area contributed by atoms with E-state index in [2.05, 4.69) is 154 Å². The zero-order chi connectivity index (χ0) is 29.7. The SMILES string of the molecule is Cc1ccc2c(c1)B1c3cc(-c4ccc(-n5c6ccccc6c6ccccc65)cc4)ccc3C(C)(C)c3c(C)ccc(c31)O2. The molecule has 0 fully saturated rings. The molecule has 2 aliphatic heterocycles. The fourth-order valence-corrected chi connectivity index (χ4v) is 8.19. The molecule has 9 rings (SSSR count). The first-order valence-electron chi connectivity index (χ1n) is 15.6. The number of hydrogen-bond acceptors (Lipinski definition) is 1. The number of para-hydroxylation sites is 2. The van der Waals surface area contributed by atoms with Gasteiger partial charge in [-0.05, 0) is 89.0 Å². The van der Waals surface area contributed by atoms with E-state index in [0.29, 0.717) is 0 Å². The minimum Gasteiger partial charge on any atom is -0.458 e. The number of fused-ring (bicyclic) bond motifs is 7. The number of hydrogen-bond donors (Lipinski definition) is 0. The third kappa shape index (κ3) is 3.44. The van der Waals surface area contributed by atoms with Gasteiger partial charge in [0.05, 0.1) is 11.0 Å². The summed E-state index contributed by atoms with van der Waals surface area (Å²) >= 11 is 0. The highest BCUT2D eigenvalue weighted by Crippen LogP contribution is 2.41. The van der Waals surface area contributed by atoms with Crippen LogP contribution in [0.25, 0.3) is 38.6 Å². The predicted molar refractivity (Wildman–Crippen MR) is 185 cm³/mol. The van der Waals surface area contributed by atoms with E-state index in [1.54, 1.807) is 0 Å². The molecule has 0 spiro atoms. The molecule has 44 heavy (non-hydrogen) atoms. The molecule has 0 aliphatic carbocycles. The van der Waals surface area contributed by atoms with Crippen LogP contribution in [-0.4, -0.2) is 11.3 Å². The Labute approximate surface area is 258 Å². The number of benzene rings is 6. The normalized spacial score (nSPS) is 14.2. The van der Waals surface area contributed by atoms with Crippen LogP contribution in [-0.2, 0) is 5.41 Å². The molecule has 210 valence electrons. The number of aromatic nitrogens is 1. The maximum absolute atomic E-state index is 6.56. The van der Waals surface area contributed by atoms with Crippen LogP contribution >= 0.6 is 0 Å². The minimum atomic E-state index is -0.134. The van der Waals surface area contributed by atoms with Gasteiger partial charge in [-0.2, -0.15) is 0 Å². The Morgan fingerprint density at radius 3 is 2.00 bits per heavy atom. The Morgan fingerprint density at radius 1 is 0.614 bits per heavy atom. The van der Waals surface area contributed by atoms with Gasteiger partial charge in [-0.1, -0.05) is 110 Å². The molecule has 2 aliphatic rings. The van der Waals surface area contributed by atoms with Crippen LogP contribution in [0.2, 0.25) is 0 Å². The third-order valence-corrected chi connectivity index (χ3v) is 10.1. The van der Waals surface area contributed by atoms with Gasteiger partial charge < -0.3 is 9.30 Å². The lowest BCUT2D eigenvalue weighted by molar-refractivity contribution is 0.484. The van der Waals surface area contributed by atoms with Crippen LogP contribution in [0.15, 0.2) is 121 Å². The van der Waals surface area contributed by atoms with Gasteiger partial charge >= 0.3 is 0 Å². The average Bonchev–Trinajstić information content (AvgIpc) is 3.38. The summed E-state index contributed by atoms with van der Waals surface area (Å²) in [5.41, 5.74) is 15.3. The van der Waals surface area contributed by atoms with Crippen molar-refractivity contribution >= 4 is 44.9 Å². The lowest BCUT2D eigenvalue weighted by atomic mass is 9.30. The second-order valence-corrected chi connectivity index (χ2v) is 13.1. The highest BCUT2D eigenvalue weighted by atomic mass is 16.5. The summed E-state index contributed by atoms with van der Waals surface area (Å²) in [6.45, 7) is 9.31. The first-order chi connectivity index (χ1) is 21.4. The molecular weight excluding hydrogens is 533 g/mol. The minimum absolute atomic E-state index is 0.134. The van der Waals surface area contributed by atoms with Gasteiger partial charge in [-0.25, -0.2) is 0 Å². The lowest BCUT2D eigenvalue weighted by Crippen LogP contribution is -2.62. The summed E-state index contributed by atoms with van der Waals surface area (Å²) in [5.74, 6) is 1.96. The summed E-state index contributed by atoms with van der Waals surface area (Å²) in [6.07, 6.45) is 0. The number of rotatable bonds is 2. The molecule has 0 radical (unpaired) electrons. The van der Waals surface area contributed by atoms with Crippen molar-refractivity contribution in [2.75, 3.05) is 0 Å². The molecule has 0 bridgehead atoms. The Balaban J connectivity index is 1.21. The van der Waals surface area contributed by atoms with Crippen LogP contribution < -0.4 is 21.1 Å². The Hall–Kier alpha value is -5.02. The quantitative estimate of drug-likeness (QED) is 0.192. The van der Waals surface area contributed by atoms with Crippen molar-refractivity contribution in [1.29, 1.82) is 0 Å². The molecule has 0 N–H and O–H groups in total. The standard InChI is InChI=1S/C41H32BNO/c1-25-13-21-37-34(23-25)42-33-24-28(17-20-32(33)41(3,4)39-26(2)14-22-38(44-37)40(39)42)27-15-18-29(19-16-27)43-35-11-7-5-9-30(35)31-10-6-8-12-36(31)43/h5-24H,1-4H3. The highest BCUT2D eigenvalue weighted by molar-refractivity contribution is 6.98. The monoisotopic (exact) mass is 565 g/mol. The molecule has 1 aromatic heterocycles. The Bertz CT molecular complexity index is 2250. The van der Waals surface area contributed by atoms with E-state index in [1.807, 2.05) is 0 Å². The van der Waals surface area contributed by atoms with Gasteiger partial charge in [0.15, 0.2) is 0 Å². The van der Waals surface area contributed by atoms with Gasteiger partial charge in [0.1, 0.15) is 11.5 Å². The van der Waals surface area contributed by atoms with Gasteiger partial charge in [-0.15, -0.1) is 0 Å². The maximum atomic E-state index is 6.56. The number of ether oxygens (including phenoxy) is 1. The zero-order valence-electron chi connectivity index (χ0n) is 25.5. The van der Waals surface area contributed by atoms with Gasteiger partial charge in [0.2, 0.25) is 0 Å². The fourth-order valence-electron chi connectivity index (χ4n) is 8.19. The molecule has 0 unspecified atom stereocenters. The summed E-state index contributed by atoms with van der Waals surface area (Å²) in [5, 5.41) is 2.57. The predicted octanol–water partition coefficient (Wildman–Crippen LogP) is 8.33. The highest BCUT2D eigenvalue weighted by Gasteiger charge is 2.45. The van der Waals surface area contributed by atoms with Crippen molar-refractivity contribution in [1.82, 2.24) is 4.57 Å². The van der Waals surface area contributed by atoms with Crippen LogP contribution in [0, 0.1) is 13.8 Å². The Kier molecular flexibility index (Phi) is 5.21. The van der Waals surface area contributed by atoms with Crippen LogP contribution in [0.1, 0.15) is 36.1 Å². The van der Waals surface area contributed by atoms with Crippen molar-refractivity contribution in [2.45, 2.75) is 33.1 Å². The molecule has 3 heterocycles. The summed E-state index contributed by atoms with van der Waals surface area (Å²) < 4.78 is 8.95. The van der Waals surface area contributed by atoms with Gasteiger partial charge in [-0.3, -0.25) is 0 Å². The van der Waals surface area contributed by atoms with E-state index < -0.39 is 0 Å². The number of nitrogens with zero attached hydrogens (tertiary/aromatic N) is 1. The van der Waals surface area contributed by atoms with Crippen molar-refractivity contribution in [3.05, 3.63) is 144 Å². The maximum Gasteiger partial charge on any atom is 0.251 e. The van der Waals surface area contributed by atoms with E-state index in [9.17, 15) is 0 Å². The molecule has 0 saturated heterocycles. The van der Waals surface area contributed by atoms with E-state index in [-0.39, 0.29) is 12.1 Å². The molecule has 3 heteroatoms. The first kappa shape index (κ1) is 25.5. The van der Waals surface area contributed by atoms with Gasteiger partial charge in [0, 0.05) is 21.9 Å². The molecule has 0 amide bonds. The smallest absolute Gasteiger partial charge is 0.251 e. The molecule has 0 atom stereocenters. The third-order valence-electron chi connectivity index (χ3n) is 10.1. The Morgan fingerprint density at radius 2 is 1.27 bits per heavy atom. The van der Waals surface area contributed by atoms with Crippen molar-refractivity contribution in [2.24, 2.45) is 0 Å². The topological polar surface area (TPSA) is 14.2 Å². The van der Waals surface area contributed by atoms with Crippen molar-refractivity contribution in [3.8, 4) is 28.3 Å². The van der Waals surface area contributed by atoms with E-state index >= 15 is 0 Å². The lowest BCUT2D eigenvalue weighted by Gasteiger charge is -2.42. The van der Waals surface area contributed by atoms with E-state index in [0.717, 1.165) is 11.5 Å². The zero-order valence-corrected chi connectivity index (χ0v) is 25.5. The summed E-state index contributed by atoms with van der Waals surface area (Å²) in [7, 11) is 0. The first-order valence-corrected chi connectivity index (χ1v) is 15.6. The molecule has 0 saturated carbocycles. The van der Waals surface area contributed by atoms with E-state index in [1.165, 1.54) is 77.3 Å². The molecular formula is C41H32BNO. The van der Waals surface area contributed by atoms with E-state index in [4.69, 9.17) is 4.74 Å². The average molecular weight is 566 g/mol. The summed E-state index contributed by atoms with van der Waals surface area (Å²) in [4.78, 5) is 0. The van der Waals surface area contributed by atoms with Gasteiger partial charge in [0.25, 0.3) is 6.71 Å². The van der Waals surface area contributed by atoms with Crippen LogP contribution in [0.4, 0.5) is 0 Å². The van der Waals surface area contributed by atoms with Crippen molar-refractivity contribution in [3.63, 3.8) is 0 Å². The second-order valence-electron chi connectivity index (χ2n) is 13.1. The van der Waals surface area contributed by atoms with Crippen LogP contribution in [0.5, 0.6) is 11.5 Å². The second kappa shape index (κ2) is 9.00. The number of aryl methyl sites for hydroxylation is 2. The van der Waals surface area contributed by atoms with Crippen LogP contribution in [0.3, 0.4) is 0 Å². The molecule has 7 aromatic rings. The fraction of sp³-hybridized carbons (Fsp3) is 0.122. The summed E-state index contributed by atoms with van der Waals surface area (Å²) in [6, 6.07) is 44.6. The molecule has 2 nitrogen and oxygen atoms in total. The van der Waals surface area contributed by atoms with Crippen molar-refractivity contribution < 1.29 is 4.74 Å². The molecule has 6 aromatic carbocycles. The largest absolute Gasteiger partial charge is 0.458 e.